The molecule has 21 heavy (non-hydrogen) atoms. The Labute approximate surface area is 125 Å². The van der Waals surface area contributed by atoms with E-state index in [-0.39, 0.29) is 17.5 Å². The summed E-state index contributed by atoms with van der Waals surface area (Å²) < 4.78 is 38.3. The fourth-order valence-corrected chi connectivity index (χ4v) is 3.51. The van der Waals surface area contributed by atoms with Crippen molar-refractivity contribution in [2.75, 3.05) is 40.5 Å². The molecule has 1 rings (SSSR count). The summed E-state index contributed by atoms with van der Waals surface area (Å²) in [6.07, 6.45) is 2.83. The minimum Gasteiger partial charge on any atom is -0.383 e. The predicted octanol–water partition coefficient (Wildman–Crippen LogP) is -0.486. The monoisotopic (exact) mass is 320 g/mol. The first-order valence-corrected chi connectivity index (χ1v) is 8.13. The van der Waals surface area contributed by atoms with Gasteiger partial charge in [0, 0.05) is 39.5 Å². The summed E-state index contributed by atoms with van der Waals surface area (Å²) in [4.78, 5) is 0.148. The van der Waals surface area contributed by atoms with Crippen LogP contribution in [0.1, 0.15) is 6.92 Å². The van der Waals surface area contributed by atoms with Crippen molar-refractivity contribution in [3.8, 4) is 0 Å². The van der Waals surface area contributed by atoms with Crippen molar-refractivity contribution in [2.24, 2.45) is 5.73 Å². The maximum Gasteiger partial charge on any atom is 0.246 e. The normalized spacial score (nSPS) is 13.8. The van der Waals surface area contributed by atoms with Gasteiger partial charge in [0.05, 0.1) is 26.0 Å². The molecule has 1 unspecified atom stereocenters. The molecule has 1 atom stereocenters. The molecule has 1 aromatic heterocycles. The number of hydrogen-bond acceptors (Lipinski definition) is 6. The van der Waals surface area contributed by atoms with Gasteiger partial charge in [-0.05, 0) is 6.92 Å². The van der Waals surface area contributed by atoms with Crippen molar-refractivity contribution in [2.45, 2.75) is 24.4 Å². The lowest BCUT2D eigenvalue weighted by Crippen LogP contribution is -2.42. The molecule has 8 nitrogen and oxygen atoms in total. The first-order chi connectivity index (χ1) is 9.97. The van der Waals surface area contributed by atoms with Gasteiger partial charge in [-0.2, -0.15) is 9.40 Å². The Morgan fingerprint density at radius 3 is 2.71 bits per heavy atom. The van der Waals surface area contributed by atoms with E-state index in [0.717, 1.165) is 0 Å². The summed E-state index contributed by atoms with van der Waals surface area (Å²) in [5.74, 6) is 0. The highest BCUT2D eigenvalue weighted by molar-refractivity contribution is 7.89. The maximum absolute atomic E-state index is 12.7. The van der Waals surface area contributed by atoms with Gasteiger partial charge in [0.2, 0.25) is 10.0 Å². The van der Waals surface area contributed by atoms with Gasteiger partial charge in [-0.1, -0.05) is 0 Å². The van der Waals surface area contributed by atoms with Crippen molar-refractivity contribution in [1.29, 1.82) is 0 Å². The molecule has 0 amide bonds. The molecule has 0 spiro atoms. The summed E-state index contributed by atoms with van der Waals surface area (Å²) in [5.41, 5.74) is 5.44. The highest BCUT2D eigenvalue weighted by atomic mass is 32.2. The highest BCUT2D eigenvalue weighted by Crippen LogP contribution is 2.17. The van der Waals surface area contributed by atoms with Gasteiger partial charge in [0.15, 0.2) is 0 Å². The zero-order chi connectivity index (χ0) is 15.9. The van der Waals surface area contributed by atoms with Crippen molar-refractivity contribution in [1.82, 2.24) is 14.1 Å². The minimum atomic E-state index is -3.64. The third-order valence-corrected chi connectivity index (χ3v) is 4.96. The lowest BCUT2D eigenvalue weighted by molar-refractivity contribution is 0.119. The van der Waals surface area contributed by atoms with Gasteiger partial charge in [0.1, 0.15) is 4.90 Å². The van der Waals surface area contributed by atoms with E-state index < -0.39 is 10.0 Å². The molecule has 0 aliphatic carbocycles. The predicted molar refractivity (Wildman–Crippen MR) is 78.4 cm³/mol. The van der Waals surface area contributed by atoms with Crippen molar-refractivity contribution in [3.05, 3.63) is 12.4 Å². The molecule has 0 saturated heterocycles. The van der Waals surface area contributed by atoms with Gasteiger partial charge in [-0.3, -0.25) is 4.68 Å². The third kappa shape index (κ3) is 4.75. The smallest absolute Gasteiger partial charge is 0.246 e. The largest absolute Gasteiger partial charge is 0.383 e. The fourth-order valence-electron chi connectivity index (χ4n) is 1.95. The van der Waals surface area contributed by atoms with Crippen LogP contribution in [0, 0.1) is 0 Å². The van der Waals surface area contributed by atoms with Gasteiger partial charge in [-0.25, -0.2) is 8.42 Å². The molecule has 0 fully saturated rings. The van der Waals surface area contributed by atoms with Crippen LogP contribution in [0.15, 0.2) is 17.3 Å². The number of nitrogens with zero attached hydrogens (tertiary/aromatic N) is 3. The molecular weight excluding hydrogens is 296 g/mol. The second-order valence-electron chi connectivity index (χ2n) is 4.64. The fraction of sp³-hybridized carbons (Fsp3) is 0.750. The van der Waals surface area contributed by atoms with E-state index >= 15 is 0 Å². The summed E-state index contributed by atoms with van der Waals surface area (Å²) in [7, 11) is -0.572. The van der Waals surface area contributed by atoms with E-state index in [1.54, 1.807) is 6.92 Å². The van der Waals surface area contributed by atoms with Crippen LogP contribution < -0.4 is 5.73 Å². The average molecular weight is 320 g/mol. The van der Waals surface area contributed by atoms with E-state index in [0.29, 0.717) is 26.3 Å². The average Bonchev–Trinajstić information content (AvgIpc) is 2.89. The summed E-state index contributed by atoms with van der Waals surface area (Å²) >= 11 is 0. The number of hydrogen-bond donors (Lipinski definition) is 1. The van der Waals surface area contributed by atoms with Crippen LogP contribution in [0.25, 0.3) is 0 Å². The zero-order valence-corrected chi connectivity index (χ0v) is 13.5. The molecule has 2 N–H and O–H groups in total. The molecule has 0 aromatic carbocycles. The lowest BCUT2D eigenvalue weighted by Gasteiger charge is -2.27. The van der Waals surface area contributed by atoms with Gasteiger partial charge in [0.25, 0.3) is 0 Å². The first-order valence-electron chi connectivity index (χ1n) is 6.69. The zero-order valence-electron chi connectivity index (χ0n) is 12.7. The quantitative estimate of drug-likeness (QED) is 0.625. The van der Waals surface area contributed by atoms with Crippen LogP contribution in [-0.4, -0.2) is 69.1 Å². The van der Waals surface area contributed by atoms with Crippen molar-refractivity contribution >= 4 is 10.0 Å². The van der Waals surface area contributed by atoms with Gasteiger partial charge in [-0.15, -0.1) is 0 Å². The Morgan fingerprint density at radius 1 is 1.43 bits per heavy atom. The summed E-state index contributed by atoms with van der Waals surface area (Å²) in [6.45, 7) is 3.53. The molecule has 0 aliphatic rings. The molecular formula is C12H24N4O4S. The summed E-state index contributed by atoms with van der Waals surface area (Å²) in [6, 6.07) is -0.298. The Hall–Kier alpha value is -1.00. The van der Waals surface area contributed by atoms with Crippen molar-refractivity contribution < 1.29 is 17.9 Å². The SMILES string of the molecule is COCCN(C(C)COC)S(=O)(=O)c1cnn(CCN)c1. The van der Waals surface area contributed by atoms with Crippen LogP contribution in [-0.2, 0) is 26.0 Å². The van der Waals surface area contributed by atoms with E-state index in [1.807, 2.05) is 0 Å². The van der Waals surface area contributed by atoms with Crippen LogP contribution in [0.4, 0.5) is 0 Å². The number of ether oxygens (including phenoxy) is 2. The second kappa shape index (κ2) is 8.44. The number of sulfonamides is 1. The Bertz CT molecular complexity index is 517. The Kier molecular flexibility index (Phi) is 7.26. The Morgan fingerprint density at radius 2 is 2.14 bits per heavy atom. The number of methoxy groups -OCH3 is 2. The van der Waals surface area contributed by atoms with Crippen LogP contribution in [0.3, 0.4) is 0 Å². The van der Waals surface area contributed by atoms with Gasteiger partial charge < -0.3 is 15.2 Å². The highest BCUT2D eigenvalue weighted by Gasteiger charge is 2.30. The molecule has 0 saturated carbocycles. The number of nitrogens with two attached hydrogens (primary N) is 1. The van der Waals surface area contributed by atoms with E-state index in [4.69, 9.17) is 15.2 Å². The standard InChI is InChI=1S/C12H24N4O4S/c1-11(10-20-3)16(6-7-19-2)21(17,18)12-8-14-15(9-12)5-4-13/h8-9,11H,4-7,10,13H2,1-3H3. The molecule has 122 valence electrons. The molecule has 0 bridgehead atoms. The lowest BCUT2D eigenvalue weighted by atomic mass is 10.3. The summed E-state index contributed by atoms with van der Waals surface area (Å²) in [5, 5.41) is 4.01. The second-order valence-corrected chi connectivity index (χ2v) is 6.53. The number of aromatic nitrogens is 2. The van der Waals surface area contributed by atoms with Crippen LogP contribution in [0.5, 0.6) is 0 Å². The Balaban J connectivity index is 3.00. The van der Waals surface area contributed by atoms with E-state index in [9.17, 15) is 8.42 Å². The molecule has 9 heteroatoms. The third-order valence-electron chi connectivity index (χ3n) is 2.99. The molecule has 1 aromatic rings. The minimum absolute atomic E-state index is 0.148. The molecule has 0 aliphatic heterocycles. The number of rotatable bonds is 10. The van der Waals surface area contributed by atoms with Crippen LogP contribution >= 0.6 is 0 Å². The van der Waals surface area contributed by atoms with E-state index in [2.05, 4.69) is 5.10 Å². The molecule has 0 radical (unpaired) electrons. The first kappa shape index (κ1) is 18.1. The van der Waals surface area contributed by atoms with Crippen molar-refractivity contribution in [3.63, 3.8) is 0 Å². The van der Waals surface area contributed by atoms with E-state index in [1.165, 1.54) is 35.6 Å². The van der Waals surface area contributed by atoms with Crippen LogP contribution in [0.2, 0.25) is 0 Å². The topological polar surface area (TPSA) is 99.7 Å². The molecule has 1 heterocycles. The van der Waals surface area contributed by atoms with Gasteiger partial charge >= 0.3 is 0 Å². The maximum atomic E-state index is 12.7.